The number of carbonyl (C=O) groups is 2. The summed E-state index contributed by atoms with van der Waals surface area (Å²) in [6, 6.07) is -0.547. The first-order valence-corrected chi connectivity index (χ1v) is 5.55. The minimum absolute atomic E-state index is 0.303. The van der Waals surface area contributed by atoms with E-state index in [4.69, 9.17) is 10.5 Å². The third kappa shape index (κ3) is 4.59. The molecule has 0 radical (unpaired) electrons. The molecular weight excluding hydrogens is 210 g/mol. The summed E-state index contributed by atoms with van der Waals surface area (Å²) in [6.45, 7) is 3.07. The van der Waals surface area contributed by atoms with Crippen molar-refractivity contribution in [3.63, 3.8) is 0 Å². The number of hydrogen-bond acceptors (Lipinski definition) is 4. The first-order valence-electron chi connectivity index (χ1n) is 5.55. The van der Waals surface area contributed by atoms with Crippen LogP contribution in [0, 0.1) is 0 Å². The average Bonchev–Trinajstić information content (AvgIpc) is 2.26. The first kappa shape index (κ1) is 12.9. The highest BCUT2D eigenvalue weighted by molar-refractivity contribution is 5.95. The van der Waals surface area contributed by atoms with Crippen molar-refractivity contribution in [1.29, 1.82) is 0 Å². The van der Waals surface area contributed by atoms with Crippen LogP contribution >= 0.6 is 0 Å². The number of nitrogens with two attached hydrogens (primary N) is 1. The van der Waals surface area contributed by atoms with E-state index in [0.717, 1.165) is 13.0 Å². The van der Waals surface area contributed by atoms with Gasteiger partial charge in [-0.05, 0) is 26.3 Å². The fourth-order valence-electron chi connectivity index (χ4n) is 1.63. The van der Waals surface area contributed by atoms with Gasteiger partial charge < -0.3 is 15.8 Å². The Kier molecular flexibility index (Phi) is 5.21. The van der Waals surface area contributed by atoms with Crippen LogP contribution in [0.15, 0.2) is 0 Å². The van der Waals surface area contributed by atoms with Gasteiger partial charge in [-0.1, -0.05) is 6.42 Å². The molecular formula is C10H19N3O3. The monoisotopic (exact) mass is 229 g/mol. The highest BCUT2D eigenvalue weighted by atomic mass is 16.5. The number of imide groups is 1. The predicted molar refractivity (Wildman–Crippen MR) is 58.8 cm³/mol. The molecule has 0 aromatic carbocycles. The molecule has 3 amide bonds. The normalized spacial score (nSPS) is 22.4. The molecule has 0 bridgehead atoms. The molecule has 6 nitrogen and oxygen atoms in total. The fraction of sp³-hybridized carbons (Fsp3) is 0.800. The molecule has 0 spiro atoms. The molecule has 1 saturated heterocycles. The third-order valence-corrected chi connectivity index (χ3v) is 2.58. The van der Waals surface area contributed by atoms with Crippen molar-refractivity contribution in [3.8, 4) is 0 Å². The van der Waals surface area contributed by atoms with E-state index in [-0.39, 0.29) is 0 Å². The smallest absolute Gasteiger partial charge is 0.318 e. The summed E-state index contributed by atoms with van der Waals surface area (Å²) in [4.78, 5) is 21.7. The maximum absolute atomic E-state index is 11.3. The summed E-state index contributed by atoms with van der Waals surface area (Å²) < 4.78 is 5.36. The molecule has 2 unspecified atom stereocenters. The van der Waals surface area contributed by atoms with Crippen LogP contribution in [-0.2, 0) is 9.53 Å². The van der Waals surface area contributed by atoms with Crippen molar-refractivity contribution in [3.05, 3.63) is 0 Å². The number of carbonyl (C=O) groups excluding carboxylic acids is 2. The molecule has 0 saturated carbocycles. The van der Waals surface area contributed by atoms with E-state index >= 15 is 0 Å². The molecule has 1 aliphatic rings. The fourth-order valence-corrected chi connectivity index (χ4v) is 1.63. The second-order valence-corrected chi connectivity index (χ2v) is 3.98. The van der Waals surface area contributed by atoms with Gasteiger partial charge in [0.2, 0.25) is 0 Å². The Hall–Kier alpha value is -1.14. The topological polar surface area (TPSA) is 93.4 Å². The minimum Gasteiger partial charge on any atom is -0.367 e. The highest BCUT2D eigenvalue weighted by Crippen LogP contribution is 2.07. The second kappa shape index (κ2) is 6.44. The van der Waals surface area contributed by atoms with Gasteiger partial charge in [-0.25, -0.2) is 4.79 Å². The maximum atomic E-state index is 11.3. The Bertz CT molecular complexity index is 252. The van der Waals surface area contributed by atoms with Crippen LogP contribution in [0.5, 0.6) is 0 Å². The molecule has 0 aromatic heterocycles. The van der Waals surface area contributed by atoms with Crippen molar-refractivity contribution in [2.24, 2.45) is 5.73 Å². The molecule has 16 heavy (non-hydrogen) atoms. The number of urea groups is 1. The van der Waals surface area contributed by atoms with Gasteiger partial charge in [0.1, 0.15) is 6.10 Å². The lowest BCUT2D eigenvalue weighted by molar-refractivity contribution is -0.131. The molecule has 6 heteroatoms. The van der Waals surface area contributed by atoms with Gasteiger partial charge >= 0.3 is 6.03 Å². The Morgan fingerprint density at radius 1 is 1.56 bits per heavy atom. The summed E-state index contributed by atoms with van der Waals surface area (Å²) in [5.41, 5.74) is 4.83. The maximum Gasteiger partial charge on any atom is 0.318 e. The first-order chi connectivity index (χ1) is 7.59. The van der Waals surface area contributed by atoms with Crippen LogP contribution in [0.25, 0.3) is 0 Å². The van der Waals surface area contributed by atoms with Gasteiger partial charge in [0.05, 0.1) is 6.61 Å². The molecule has 0 aliphatic carbocycles. The number of amides is 3. The van der Waals surface area contributed by atoms with Crippen molar-refractivity contribution >= 4 is 11.9 Å². The van der Waals surface area contributed by atoms with Crippen molar-refractivity contribution < 1.29 is 14.3 Å². The van der Waals surface area contributed by atoms with Crippen LogP contribution in [0.2, 0.25) is 0 Å². The van der Waals surface area contributed by atoms with Gasteiger partial charge in [-0.15, -0.1) is 0 Å². The lowest BCUT2D eigenvalue weighted by Crippen LogP contribution is -2.44. The number of piperidine rings is 1. The molecule has 1 heterocycles. The quantitative estimate of drug-likeness (QED) is 0.618. The largest absolute Gasteiger partial charge is 0.367 e. The third-order valence-electron chi connectivity index (χ3n) is 2.58. The number of ether oxygens (including phenoxy) is 1. The van der Waals surface area contributed by atoms with Crippen molar-refractivity contribution in [2.75, 3.05) is 13.2 Å². The van der Waals surface area contributed by atoms with Crippen LogP contribution in [0.4, 0.5) is 4.79 Å². The number of hydrogen-bond donors (Lipinski definition) is 3. The van der Waals surface area contributed by atoms with Crippen LogP contribution in [0.1, 0.15) is 26.2 Å². The van der Waals surface area contributed by atoms with Crippen LogP contribution < -0.4 is 16.4 Å². The van der Waals surface area contributed by atoms with Gasteiger partial charge in [0, 0.05) is 6.04 Å². The molecule has 1 rings (SSSR count). The Labute approximate surface area is 94.9 Å². The lowest BCUT2D eigenvalue weighted by Gasteiger charge is -2.24. The SMILES string of the molecule is CC(OCC1CCCCN1)C(=O)NC(N)=O. The highest BCUT2D eigenvalue weighted by Gasteiger charge is 2.18. The number of nitrogens with one attached hydrogen (secondary N) is 2. The van der Waals surface area contributed by atoms with Gasteiger partial charge in [0.25, 0.3) is 5.91 Å². The van der Waals surface area contributed by atoms with E-state index in [1.165, 1.54) is 12.8 Å². The zero-order valence-electron chi connectivity index (χ0n) is 9.49. The average molecular weight is 229 g/mol. The van der Waals surface area contributed by atoms with Gasteiger partial charge in [-0.2, -0.15) is 0 Å². The van der Waals surface area contributed by atoms with Crippen LogP contribution in [0.3, 0.4) is 0 Å². The van der Waals surface area contributed by atoms with E-state index in [1.807, 2.05) is 5.32 Å². The number of rotatable bonds is 4. The zero-order valence-corrected chi connectivity index (χ0v) is 9.49. The Balaban J connectivity index is 2.20. The van der Waals surface area contributed by atoms with E-state index in [1.54, 1.807) is 6.92 Å². The summed E-state index contributed by atoms with van der Waals surface area (Å²) in [6.07, 6.45) is 2.78. The zero-order chi connectivity index (χ0) is 12.0. The molecule has 4 N–H and O–H groups in total. The Morgan fingerprint density at radius 3 is 2.88 bits per heavy atom. The lowest BCUT2D eigenvalue weighted by atomic mass is 10.1. The van der Waals surface area contributed by atoms with E-state index < -0.39 is 18.0 Å². The predicted octanol–water partition coefficient (Wildman–Crippen LogP) is -0.271. The van der Waals surface area contributed by atoms with E-state index in [9.17, 15) is 9.59 Å². The summed E-state index contributed by atoms with van der Waals surface area (Å²) in [5.74, 6) is -0.497. The summed E-state index contributed by atoms with van der Waals surface area (Å²) in [5, 5.41) is 5.29. The number of primary amides is 1. The van der Waals surface area contributed by atoms with Gasteiger partial charge in [-0.3, -0.25) is 10.1 Å². The van der Waals surface area contributed by atoms with Crippen LogP contribution in [-0.4, -0.2) is 37.2 Å². The molecule has 0 aromatic rings. The molecule has 1 aliphatic heterocycles. The van der Waals surface area contributed by atoms with Gasteiger partial charge in [0.15, 0.2) is 0 Å². The van der Waals surface area contributed by atoms with E-state index in [0.29, 0.717) is 12.6 Å². The second-order valence-electron chi connectivity index (χ2n) is 3.98. The standard InChI is InChI=1S/C10H19N3O3/c1-7(9(14)13-10(11)15)16-6-8-4-2-3-5-12-8/h7-8,12H,2-6H2,1H3,(H3,11,13,14,15). The molecule has 1 fully saturated rings. The molecule has 92 valence electrons. The minimum atomic E-state index is -0.851. The summed E-state index contributed by atoms with van der Waals surface area (Å²) in [7, 11) is 0. The Morgan fingerprint density at radius 2 is 2.31 bits per heavy atom. The van der Waals surface area contributed by atoms with Crippen molar-refractivity contribution in [2.45, 2.75) is 38.3 Å². The summed E-state index contributed by atoms with van der Waals surface area (Å²) >= 11 is 0. The van der Waals surface area contributed by atoms with Crippen molar-refractivity contribution in [1.82, 2.24) is 10.6 Å². The molecule has 2 atom stereocenters. The van der Waals surface area contributed by atoms with E-state index in [2.05, 4.69) is 5.32 Å².